The summed E-state index contributed by atoms with van der Waals surface area (Å²) in [6.45, 7) is 4.74. The predicted octanol–water partition coefficient (Wildman–Crippen LogP) is 14.6. The van der Waals surface area contributed by atoms with E-state index in [2.05, 4.69) is 202 Å². The fourth-order valence-electron chi connectivity index (χ4n) is 9.29. The zero-order valence-electron chi connectivity index (χ0n) is 31.9. The van der Waals surface area contributed by atoms with Gasteiger partial charge < -0.3 is 0 Å². The topological polar surface area (TPSA) is 25.8 Å². The molecule has 0 spiro atoms. The molecule has 0 saturated carbocycles. The quantitative estimate of drug-likeness (QED) is 0.176. The van der Waals surface area contributed by atoms with Gasteiger partial charge in [-0.1, -0.05) is 190 Å². The molecule has 57 heavy (non-hydrogen) atoms. The Morgan fingerprint density at radius 2 is 0.912 bits per heavy atom. The van der Waals surface area contributed by atoms with Crippen LogP contribution in [-0.4, -0.2) is 9.97 Å². The van der Waals surface area contributed by atoms with Crippen LogP contribution in [0.15, 0.2) is 194 Å². The van der Waals surface area contributed by atoms with Gasteiger partial charge in [0.2, 0.25) is 0 Å². The molecule has 0 N–H and O–H groups in total. The summed E-state index contributed by atoms with van der Waals surface area (Å²) < 4.78 is 0. The molecule has 0 atom stereocenters. The van der Waals surface area contributed by atoms with Gasteiger partial charge in [0.15, 0.2) is 5.82 Å². The van der Waals surface area contributed by atoms with E-state index < -0.39 is 0 Å². The summed E-state index contributed by atoms with van der Waals surface area (Å²) >= 11 is 0. The van der Waals surface area contributed by atoms with Crippen molar-refractivity contribution < 1.29 is 0 Å². The molecular formula is C55H38N2. The molecule has 10 aromatic rings. The first-order valence-corrected chi connectivity index (χ1v) is 19.7. The van der Waals surface area contributed by atoms with E-state index in [9.17, 15) is 0 Å². The van der Waals surface area contributed by atoms with Crippen LogP contribution in [-0.2, 0) is 5.41 Å². The second-order valence-corrected chi connectivity index (χ2v) is 15.7. The van der Waals surface area contributed by atoms with Crippen molar-refractivity contribution in [2.45, 2.75) is 19.3 Å². The molecule has 1 aromatic heterocycles. The van der Waals surface area contributed by atoms with E-state index in [4.69, 9.17) is 9.97 Å². The molecule has 1 aliphatic rings. The van der Waals surface area contributed by atoms with Gasteiger partial charge in [-0.05, 0) is 95.0 Å². The van der Waals surface area contributed by atoms with Crippen LogP contribution < -0.4 is 0 Å². The monoisotopic (exact) mass is 726 g/mol. The van der Waals surface area contributed by atoms with Crippen molar-refractivity contribution in [1.82, 2.24) is 9.97 Å². The third-order valence-electron chi connectivity index (χ3n) is 12.1. The van der Waals surface area contributed by atoms with E-state index in [0.717, 1.165) is 50.0 Å². The molecule has 1 heterocycles. The maximum absolute atomic E-state index is 5.37. The van der Waals surface area contributed by atoms with E-state index in [1.165, 1.54) is 54.9 Å². The van der Waals surface area contributed by atoms with E-state index >= 15 is 0 Å². The van der Waals surface area contributed by atoms with Crippen molar-refractivity contribution in [2.75, 3.05) is 0 Å². The number of benzene rings is 9. The third kappa shape index (κ3) is 5.33. The van der Waals surface area contributed by atoms with Gasteiger partial charge in [0, 0.05) is 22.1 Å². The van der Waals surface area contributed by atoms with Gasteiger partial charge in [0.25, 0.3) is 0 Å². The Morgan fingerprint density at radius 1 is 0.333 bits per heavy atom. The minimum atomic E-state index is -0.119. The predicted molar refractivity (Wildman–Crippen MR) is 239 cm³/mol. The molecule has 0 bridgehead atoms. The lowest BCUT2D eigenvalue weighted by Crippen LogP contribution is -2.14. The smallest absolute Gasteiger partial charge is 0.160 e. The summed E-state index contributed by atoms with van der Waals surface area (Å²) in [5.74, 6) is 0.704. The summed E-state index contributed by atoms with van der Waals surface area (Å²) in [6, 6.07) is 70.1. The molecule has 2 nitrogen and oxygen atoms in total. The first-order chi connectivity index (χ1) is 28.0. The first kappa shape index (κ1) is 33.2. The molecule has 0 fully saturated rings. The lowest BCUT2D eigenvalue weighted by Gasteiger charge is -2.22. The van der Waals surface area contributed by atoms with Gasteiger partial charge in [-0.2, -0.15) is 0 Å². The summed E-state index contributed by atoms with van der Waals surface area (Å²) in [5, 5.41) is 7.26. The van der Waals surface area contributed by atoms with Crippen molar-refractivity contribution in [3.63, 3.8) is 0 Å². The number of nitrogens with zero attached hydrogens (tertiary/aromatic N) is 2. The van der Waals surface area contributed by atoms with Gasteiger partial charge in [-0.25, -0.2) is 9.97 Å². The molecule has 268 valence electrons. The van der Waals surface area contributed by atoms with Crippen LogP contribution in [0.2, 0.25) is 0 Å². The van der Waals surface area contributed by atoms with Crippen molar-refractivity contribution >= 4 is 32.3 Å². The highest BCUT2D eigenvalue weighted by molar-refractivity contribution is 6.09. The molecule has 0 saturated heterocycles. The van der Waals surface area contributed by atoms with Crippen molar-refractivity contribution in [3.05, 3.63) is 205 Å². The first-order valence-electron chi connectivity index (χ1n) is 19.7. The van der Waals surface area contributed by atoms with E-state index in [1.807, 2.05) is 6.07 Å². The lowest BCUT2D eigenvalue weighted by atomic mass is 9.81. The Kier molecular flexibility index (Phi) is 7.55. The second kappa shape index (κ2) is 13.0. The van der Waals surface area contributed by atoms with Gasteiger partial charge >= 0.3 is 0 Å². The van der Waals surface area contributed by atoms with E-state index in [-0.39, 0.29) is 5.41 Å². The number of aromatic nitrogens is 2. The Balaban J connectivity index is 1.15. The Bertz CT molecular complexity index is 3200. The molecule has 1 aliphatic carbocycles. The SMILES string of the molecule is CC1(C)c2cc3ccccc3cc2-c2c(-c3ccc(-c4cc(-c5c(-c6ccccc6)ccc6ccccc56)nc(-c5ccccc5)n4)c4ccccc34)cccc21. The number of rotatable bonds is 5. The Hall–Kier alpha value is -7.16. The third-order valence-corrected chi connectivity index (χ3v) is 12.1. The molecule has 0 amide bonds. The molecule has 0 unspecified atom stereocenters. The van der Waals surface area contributed by atoms with Gasteiger partial charge in [0.05, 0.1) is 11.4 Å². The van der Waals surface area contributed by atoms with E-state index in [0.29, 0.717) is 5.82 Å². The summed E-state index contributed by atoms with van der Waals surface area (Å²) in [5.41, 5.74) is 15.0. The van der Waals surface area contributed by atoms with Crippen LogP contribution in [0, 0.1) is 0 Å². The van der Waals surface area contributed by atoms with Crippen LogP contribution >= 0.6 is 0 Å². The van der Waals surface area contributed by atoms with Gasteiger partial charge in [-0.15, -0.1) is 0 Å². The van der Waals surface area contributed by atoms with Gasteiger partial charge in [0.1, 0.15) is 0 Å². The lowest BCUT2D eigenvalue weighted by molar-refractivity contribution is 0.661. The van der Waals surface area contributed by atoms with Crippen molar-refractivity contribution in [3.8, 4) is 67.3 Å². The maximum atomic E-state index is 5.37. The average molecular weight is 727 g/mol. The van der Waals surface area contributed by atoms with Crippen molar-refractivity contribution in [1.29, 1.82) is 0 Å². The normalized spacial score (nSPS) is 12.9. The fourth-order valence-corrected chi connectivity index (χ4v) is 9.29. The van der Waals surface area contributed by atoms with Crippen LogP contribution in [0.1, 0.15) is 25.0 Å². The highest BCUT2D eigenvalue weighted by Crippen LogP contribution is 2.54. The summed E-state index contributed by atoms with van der Waals surface area (Å²) in [4.78, 5) is 10.7. The summed E-state index contributed by atoms with van der Waals surface area (Å²) in [6.07, 6.45) is 0. The van der Waals surface area contributed by atoms with Gasteiger partial charge in [-0.3, -0.25) is 0 Å². The highest BCUT2D eigenvalue weighted by atomic mass is 14.9. The minimum Gasteiger partial charge on any atom is -0.228 e. The number of hydrogen-bond acceptors (Lipinski definition) is 2. The molecule has 0 radical (unpaired) electrons. The Labute approximate surface area is 332 Å². The van der Waals surface area contributed by atoms with Crippen LogP contribution in [0.4, 0.5) is 0 Å². The molecule has 0 aliphatic heterocycles. The molecule has 11 rings (SSSR count). The average Bonchev–Trinajstić information content (AvgIpc) is 3.50. The zero-order valence-corrected chi connectivity index (χ0v) is 31.9. The van der Waals surface area contributed by atoms with Crippen LogP contribution in [0.5, 0.6) is 0 Å². The molecule has 2 heteroatoms. The fraction of sp³-hybridized carbons (Fsp3) is 0.0545. The van der Waals surface area contributed by atoms with Crippen molar-refractivity contribution in [2.24, 2.45) is 0 Å². The zero-order chi connectivity index (χ0) is 38.1. The summed E-state index contributed by atoms with van der Waals surface area (Å²) in [7, 11) is 0. The molecule has 9 aromatic carbocycles. The Morgan fingerprint density at radius 3 is 1.67 bits per heavy atom. The van der Waals surface area contributed by atoms with Crippen LogP contribution in [0.3, 0.4) is 0 Å². The van der Waals surface area contributed by atoms with Crippen LogP contribution in [0.25, 0.3) is 99.6 Å². The molecular weight excluding hydrogens is 689 g/mol. The minimum absolute atomic E-state index is 0.119. The highest BCUT2D eigenvalue weighted by Gasteiger charge is 2.37. The second-order valence-electron chi connectivity index (χ2n) is 15.7. The largest absolute Gasteiger partial charge is 0.228 e. The standard InChI is InChI=1S/C55H38N2/c1-55(2)48-27-15-26-46(52(48)47-32-38-21-9-10-22-39(38)33-49(47)55)44-30-31-45(43-25-14-13-24-42(43)44)50-34-51(57-54(56-50)37-19-7-4-8-20-37)53-40-23-12-11-18-36(40)28-29-41(53)35-16-5-3-6-17-35/h3-34H,1-2H3. The number of hydrogen-bond donors (Lipinski definition) is 0. The van der Waals surface area contributed by atoms with E-state index in [1.54, 1.807) is 0 Å². The maximum Gasteiger partial charge on any atom is 0.160 e. The number of fused-ring (bicyclic) bond motifs is 6.